The number of hydrogen-bond donors (Lipinski definition) is 4. The number of carbonyl (C=O) groups excluding carboxylic acids is 5. The van der Waals surface area contributed by atoms with Gasteiger partial charge in [-0.3, -0.25) is 38.8 Å². The molecule has 1 saturated carbocycles. The molecule has 2 fully saturated rings. The van der Waals surface area contributed by atoms with E-state index < -0.39 is 29.7 Å². The molecule has 0 radical (unpaired) electrons. The van der Waals surface area contributed by atoms with Crippen LogP contribution in [-0.4, -0.2) is 93.0 Å². The van der Waals surface area contributed by atoms with E-state index in [0.717, 1.165) is 52.2 Å². The number of aryl methyl sites for hydroxylation is 2. The fraction of sp³-hybridized carbons (Fsp3) is 0.320. The number of nitrogens with two attached hydrogens (primary N) is 2. The Morgan fingerprint density at radius 1 is 0.848 bits per heavy atom. The van der Waals surface area contributed by atoms with Crippen LogP contribution in [0.5, 0.6) is 0 Å². The van der Waals surface area contributed by atoms with Crippen molar-refractivity contribution in [2.75, 3.05) is 38.7 Å². The Labute approximate surface area is 381 Å². The monoisotopic (exact) mass is 889 g/mol. The molecule has 1 aliphatic carbocycles. The number of pyridine rings is 2. The molecule has 1 saturated heterocycles. The fourth-order valence-corrected chi connectivity index (χ4v) is 8.91. The zero-order chi connectivity index (χ0) is 45.8. The molecule has 66 heavy (non-hydrogen) atoms. The van der Waals surface area contributed by atoms with Gasteiger partial charge >= 0.3 is 0 Å². The van der Waals surface area contributed by atoms with E-state index in [1.165, 1.54) is 0 Å². The van der Waals surface area contributed by atoms with E-state index >= 15 is 0 Å². The smallest absolute Gasteiger partial charge is 0.262 e. The summed E-state index contributed by atoms with van der Waals surface area (Å²) in [6, 6.07) is 28.1. The number of nitrogen functional groups attached to an aromatic ring is 1. The van der Waals surface area contributed by atoms with Crippen LogP contribution in [0.3, 0.4) is 0 Å². The van der Waals surface area contributed by atoms with Crippen molar-refractivity contribution in [3.8, 4) is 28.3 Å². The maximum atomic E-state index is 13.3. The van der Waals surface area contributed by atoms with Crippen LogP contribution in [0.25, 0.3) is 39.5 Å². The molecular formula is C50H51N9O7. The maximum absolute atomic E-state index is 13.3. The number of amides is 5. The van der Waals surface area contributed by atoms with Crippen molar-refractivity contribution in [2.45, 2.75) is 69.4 Å². The van der Waals surface area contributed by atoms with E-state index in [1.807, 2.05) is 47.0 Å². The van der Waals surface area contributed by atoms with Gasteiger partial charge in [0.2, 0.25) is 17.7 Å². The predicted molar refractivity (Wildman–Crippen MR) is 246 cm³/mol. The lowest BCUT2D eigenvalue weighted by Gasteiger charge is -2.38. The molecule has 0 bridgehead atoms. The van der Waals surface area contributed by atoms with Crippen molar-refractivity contribution in [1.82, 2.24) is 35.1 Å². The van der Waals surface area contributed by atoms with E-state index in [-0.39, 0.29) is 29.9 Å². The van der Waals surface area contributed by atoms with Crippen LogP contribution in [-0.2, 0) is 42.2 Å². The summed E-state index contributed by atoms with van der Waals surface area (Å²) in [5.74, 6) is -1.15. The van der Waals surface area contributed by atoms with E-state index in [1.54, 1.807) is 24.4 Å². The fourth-order valence-electron chi connectivity index (χ4n) is 8.91. The molecule has 3 aromatic carbocycles. The van der Waals surface area contributed by atoms with Gasteiger partial charge in [0.1, 0.15) is 17.4 Å². The van der Waals surface area contributed by atoms with Crippen LogP contribution in [0.2, 0.25) is 0 Å². The Balaban J connectivity index is 0.728. The maximum Gasteiger partial charge on any atom is 0.262 e. The number of carbonyl (C=O) groups is 5. The number of nitrogens with one attached hydrogen (secondary N) is 2. The number of ether oxygens (including phenoxy) is 2. The first-order valence-corrected chi connectivity index (χ1v) is 22.4. The van der Waals surface area contributed by atoms with Crippen molar-refractivity contribution in [1.29, 1.82) is 0 Å². The van der Waals surface area contributed by atoms with Gasteiger partial charge in [0.25, 0.3) is 11.8 Å². The predicted octanol–water partition coefficient (Wildman–Crippen LogP) is 5.19. The average Bonchev–Trinajstić information content (AvgIpc) is 3.82. The SMILES string of the molecule is Nc1ncccc1-c1nc2ccc(-c3cccc(CCC(=O)NCCOCCOCCCc4cccc5c4C(=O)N(C4CCC(=O)NC4=O)C5=O)c3)nc2n1-c1ccc(C2(N)CCC2)cc1. The number of imidazole rings is 1. The van der Waals surface area contributed by atoms with Crippen molar-refractivity contribution in [3.05, 3.63) is 125 Å². The average molecular weight is 890 g/mol. The molecule has 1 unspecified atom stereocenters. The highest BCUT2D eigenvalue weighted by Gasteiger charge is 2.45. The molecule has 16 nitrogen and oxygen atoms in total. The molecule has 5 amide bonds. The summed E-state index contributed by atoms with van der Waals surface area (Å²) in [7, 11) is 0. The van der Waals surface area contributed by atoms with Gasteiger partial charge in [0.05, 0.1) is 42.2 Å². The van der Waals surface area contributed by atoms with Crippen LogP contribution >= 0.6 is 0 Å². The number of aromatic nitrogens is 4. The summed E-state index contributed by atoms with van der Waals surface area (Å²) in [6.45, 7) is 1.80. The number of fused-ring (bicyclic) bond motifs is 2. The third kappa shape index (κ3) is 9.07. The van der Waals surface area contributed by atoms with Crippen LogP contribution in [0.1, 0.15) is 82.4 Å². The highest BCUT2D eigenvalue weighted by atomic mass is 16.5. The molecule has 3 aromatic heterocycles. The Morgan fingerprint density at radius 3 is 2.41 bits per heavy atom. The van der Waals surface area contributed by atoms with Gasteiger partial charge in [-0.15, -0.1) is 0 Å². The second-order valence-electron chi connectivity index (χ2n) is 17.0. The van der Waals surface area contributed by atoms with Gasteiger partial charge in [0.15, 0.2) is 11.5 Å². The van der Waals surface area contributed by atoms with E-state index in [0.29, 0.717) is 98.2 Å². The normalized spacial score (nSPS) is 16.6. The standard InChI is InChI=1S/C50H51N9O7/c51-44-37(11-3-24-54-44)45-56-39-18-17-38(55-46(39)58(45)35-15-13-34(14-16-35)50(52)22-5-23-50)33-8-1-6-31(30-33)12-20-41(60)53-25-27-66-29-28-65-26-4-9-32-7-2-10-36-43(32)49(64)59(48(36)63)40-19-21-42(61)57-47(40)62/h1-3,6-8,10-11,13-18,24,30,40H,4-5,9,12,19-23,25-29,52H2,(H2,51,54)(H,53,60)(H,57,61,62). The summed E-state index contributed by atoms with van der Waals surface area (Å²) in [6.07, 6.45) is 6.85. The summed E-state index contributed by atoms with van der Waals surface area (Å²) < 4.78 is 13.4. The second-order valence-corrected chi connectivity index (χ2v) is 17.0. The van der Waals surface area contributed by atoms with E-state index in [4.69, 9.17) is 30.9 Å². The third-order valence-electron chi connectivity index (χ3n) is 12.6. The minimum absolute atomic E-state index is 0.0667. The van der Waals surface area contributed by atoms with E-state index in [2.05, 4.69) is 45.9 Å². The minimum Gasteiger partial charge on any atom is -0.383 e. The highest BCUT2D eigenvalue weighted by Crippen LogP contribution is 2.40. The van der Waals surface area contributed by atoms with E-state index in [9.17, 15) is 24.0 Å². The summed E-state index contributed by atoms with van der Waals surface area (Å²) in [5.41, 5.74) is 20.8. The number of imide groups is 2. The number of anilines is 1. The van der Waals surface area contributed by atoms with Crippen molar-refractivity contribution in [2.24, 2.45) is 5.73 Å². The highest BCUT2D eigenvalue weighted by molar-refractivity contribution is 6.24. The Morgan fingerprint density at radius 2 is 1.64 bits per heavy atom. The molecule has 6 N–H and O–H groups in total. The van der Waals surface area contributed by atoms with Gasteiger partial charge in [-0.25, -0.2) is 15.0 Å². The van der Waals surface area contributed by atoms with Gasteiger partial charge in [-0.05, 0) is 110 Å². The summed E-state index contributed by atoms with van der Waals surface area (Å²) in [4.78, 5) is 78.6. The van der Waals surface area contributed by atoms with Crippen LogP contribution < -0.4 is 22.1 Å². The lowest BCUT2D eigenvalue weighted by Crippen LogP contribution is -2.54. The summed E-state index contributed by atoms with van der Waals surface area (Å²) in [5, 5.41) is 5.14. The quantitative estimate of drug-likeness (QED) is 0.0647. The van der Waals surface area contributed by atoms with Crippen molar-refractivity contribution in [3.63, 3.8) is 0 Å². The summed E-state index contributed by atoms with van der Waals surface area (Å²) >= 11 is 0. The zero-order valence-corrected chi connectivity index (χ0v) is 36.5. The van der Waals surface area contributed by atoms with Crippen LogP contribution in [0, 0.1) is 0 Å². The van der Waals surface area contributed by atoms with Gasteiger partial charge in [-0.1, -0.05) is 42.5 Å². The lowest BCUT2D eigenvalue weighted by atomic mass is 9.73. The largest absolute Gasteiger partial charge is 0.383 e. The molecule has 2 aliphatic heterocycles. The molecule has 9 rings (SSSR count). The molecular weight excluding hydrogens is 839 g/mol. The molecule has 3 aliphatic rings. The molecule has 6 aromatic rings. The first-order valence-electron chi connectivity index (χ1n) is 22.4. The Bertz CT molecular complexity index is 2840. The second kappa shape index (κ2) is 19.1. The Kier molecular flexibility index (Phi) is 12.8. The first kappa shape index (κ1) is 44.1. The van der Waals surface area contributed by atoms with Gasteiger partial charge in [0, 0.05) is 49.0 Å². The number of rotatable bonds is 18. The third-order valence-corrected chi connectivity index (χ3v) is 12.6. The molecule has 5 heterocycles. The number of benzene rings is 3. The van der Waals surface area contributed by atoms with Crippen molar-refractivity contribution >= 4 is 46.5 Å². The Hall–Kier alpha value is -7.14. The number of nitrogens with zero attached hydrogens (tertiary/aromatic N) is 5. The number of piperidine rings is 1. The number of hydrogen-bond acceptors (Lipinski definition) is 12. The van der Waals surface area contributed by atoms with Crippen LogP contribution in [0.4, 0.5) is 5.82 Å². The van der Waals surface area contributed by atoms with Crippen molar-refractivity contribution < 1.29 is 33.4 Å². The molecule has 16 heteroatoms. The topological polar surface area (TPSA) is 227 Å². The van der Waals surface area contributed by atoms with Gasteiger partial charge in [-0.2, -0.15) is 0 Å². The minimum atomic E-state index is -1.00. The molecule has 338 valence electrons. The molecule has 1 atom stereocenters. The lowest BCUT2D eigenvalue weighted by molar-refractivity contribution is -0.136. The first-order chi connectivity index (χ1) is 32.1. The molecule has 0 spiro atoms. The van der Waals surface area contributed by atoms with Gasteiger partial charge < -0.3 is 26.3 Å². The van der Waals surface area contributed by atoms with Crippen LogP contribution in [0.15, 0.2) is 97.2 Å². The zero-order valence-electron chi connectivity index (χ0n) is 36.5.